The maximum Gasteiger partial charge on any atom is 0.339 e. The van der Waals surface area contributed by atoms with Crippen LogP contribution in [-0.4, -0.2) is 44.8 Å². The van der Waals surface area contributed by atoms with Crippen molar-refractivity contribution < 1.29 is 14.7 Å². The first kappa shape index (κ1) is 13.6. The van der Waals surface area contributed by atoms with Crippen molar-refractivity contribution in [1.29, 1.82) is 0 Å². The van der Waals surface area contributed by atoms with Crippen LogP contribution in [0, 0.1) is 11.8 Å². The largest absolute Gasteiger partial charge is 0.478 e. The number of amides is 1. The third-order valence-corrected chi connectivity index (χ3v) is 3.42. The van der Waals surface area contributed by atoms with Crippen LogP contribution in [0.2, 0.25) is 0 Å². The predicted molar refractivity (Wildman–Crippen MR) is 69.0 cm³/mol. The zero-order valence-corrected chi connectivity index (χ0v) is 11.5. The molecule has 0 saturated carbocycles. The molecule has 1 aromatic heterocycles. The Morgan fingerprint density at radius 1 is 1.32 bits per heavy atom. The van der Waals surface area contributed by atoms with E-state index in [1.165, 1.54) is 10.9 Å². The Labute approximate surface area is 112 Å². The maximum atomic E-state index is 12.4. The van der Waals surface area contributed by atoms with Crippen molar-refractivity contribution in [3.8, 4) is 0 Å². The molecule has 1 N–H and O–H groups in total. The molecule has 6 heteroatoms. The highest BCUT2D eigenvalue weighted by Crippen LogP contribution is 2.23. The van der Waals surface area contributed by atoms with E-state index in [1.807, 2.05) is 0 Å². The molecule has 0 aliphatic carbocycles. The number of carbonyl (C=O) groups is 2. The summed E-state index contributed by atoms with van der Waals surface area (Å²) in [6, 6.07) is 0. The second-order valence-corrected chi connectivity index (χ2v) is 5.53. The van der Waals surface area contributed by atoms with Gasteiger partial charge >= 0.3 is 5.97 Å². The van der Waals surface area contributed by atoms with Gasteiger partial charge in [-0.15, -0.1) is 0 Å². The Morgan fingerprint density at radius 3 is 2.42 bits per heavy atom. The molecule has 6 nitrogen and oxygen atoms in total. The van der Waals surface area contributed by atoms with Crippen molar-refractivity contribution in [3.63, 3.8) is 0 Å². The standard InChI is InChI=1S/C13H19N3O3/c1-8-4-9(2)6-16(5-8)12(17)11-10(13(18)19)7-15(3)14-11/h7-9H,4-6H2,1-3H3,(H,18,19). The lowest BCUT2D eigenvalue weighted by Crippen LogP contribution is -2.43. The van der Waals surface area contributed by atoms with Gasteiger partial charge < -0.3 is 10.0 Å². The number of carboxylic acids is 1. The number of carboxylic acid groups (broad SMARTS) is 1. The molecule has 1 fully saturated rings. The molecule has 2 heterocycles. The van der Waals surface area contributed by atoms with Gasteiger partial charge in [-0.2, -0.15) is 5.10 Å². The lowest BCUT2D eigenvalue weighted by molar-refractivity contribution is 0.0599. The molecule has 0 radical (unpaired) electrons. The van der Waals surface area contributed by atoms with Crippen molar-refractivity contribution in [1.82, 2.24) is 14.7 Å². The first-order chi connectivity index (χ1) is 8.88. The highest BCUT2D eigenvalue weighted by Gasteiger charge is 2.30. The van der Waals surface area contributed by atoms with Crippen molar-refractivity contribution >= 4 is 11.9 Å². The zero-order valence-electron chi connectivity index (χ0n) is 11.5. The van der Waals surface area contributed by atoms with E-state index < -0.39 is 5.97 Å². The Balaban J connectivity index is 2.26. The summed E-state index contributed by atoms with van der Waals surface area (Å²) in [4.78, 5) is 25.3. The fourth-order valence-electron chi connectivity index (χ4n) is 2.78. The van der Waals surface area contributed by atoms with Crippen LogP contribution in [0.15, 0.2) is 6.20 Å². The van der Waals surface area contributed by atoms with Gasteiger partial charge in [0.05, 0.1) is 0 Å². The number of hydrogen-bond donors (Lipinski definition) is 1. The van der Waals surface area contributed by atoms with Gasteiger partial charge in [-0.25, -0.2) is 4.79 Å². The number of carbonyl (C=O) groups excluding carboxylic acids is 1. The number of aryl methyl sites for hydroxylation is 1. The first-order valence-electron chi connectivity index (χ1n) is 6.44. The normalized spacial score (nSPS) is 23.4. The minimum absolute atomic E-state index is 0.0293. The van der Waals surface area contributed by atoms with Gasteiger partial charge in [-0.3, -0.25) is 9.48 Å². The minimum atomic E-state index is -1.12. The van der Waals surface area contributed by atoms with Gasteiger partial charge in [-0.05, 0) is 18.3 Å². The molecule has 1 amide bonds. The summed E-state index contributed by atoms with van der Waals surface area (Å²) in [6.07, 6.45) is 2.46. The lowest BCUT2D eigenvalue weighted by Gasteiger charge is -2.34. The number of aromatic carboxylic acids is 1. The van der Waals surface area contributed by atoms with E-state index in [9.17, 15) is 9.59 Å². The summed E-state index contributed by atoms with van der Waals surface area (Å²) in [5, 5.41) is 13.1. The van der Waals surface area contributed by atoms with Gasteiger partial charge in [0, 0.05) is 26.3 Å². The molecule has 1 saturated heterocycles. The third-order valence-electron chi connectivity index (χ3n) is 3.42. The van der Waals surface area contributed by atoms with Crippen LogP contribution in [0.4, 0.5) is 0 Å². The average molecular weight is 265 g/mol. The number of rotatable bonds is 2. The van der Waals surface area contributed by atoms with Crippen LogP contribution in [0.5, 0.6) is 0 Å². The van der Waals surface area contributed by atoms with Gasteiger partial charge in [0.15, 0.2) is 5.69 Å². The van der Waals surface area contributed by atoms with Gasteiger partial charge in [0.25, 0.3) is 5.91 Å². The molecule has 1 aromatic rings. The van der Waals surface area contributed by atoms with E-state index in [1.54, 1.807) is 11.9 Å². The minimum Gasteiger partial charge on any atom is -0.478 e. The molecule has 2 rings (SSSR count). The van der Waals surface area contributed by atoms with Crippen molar-refractivity contribution in [3.05, 3.63) is 17.5 Å². The number of hydrogen-bond acceptors (Lipinski definition) is 3. The summed E-state index contributed by atoms with van der Waals surface area (Å²) in [5.74, 6) is -0.527. The molecular formula is C13H19N3O3. The van der Waals surface area contributed by atoms with Gasteiger partial charge in [0.2, 0.25) is 0 Å². The highest BCUT2D eigenvalue weighted by atomic mass is 16.4. The Bertz CT molecular complexity index is 499. The van der Waals surface area contributed by atoms with Crippen LogP contribution < -0.4 is 0 Å². The first-order valence-corrected chi connectivity index (χ1v) is 6.44. The fraction of sp³-hybridized carbons (Fsp3) is 0.615. The summed E-state index contributed by atoms with van der Waals surface area (Å²) < 4.78 is 1.37. The topological polar surface area (TPSA) is 75.4 Å². The van der Waals surface area contributed by atoms with E-state index in [2.05, 4.69) is 18.9 Å². The van der Waals surface area contributed by atoms with E-state index in [0.717, 1.165) is 6.42 Å². The third kappa shape index (κ3) is 2.77. The van der Waals surface area contributed by atoms with Crippen LogP contribution in [-0.2, 0) is 7.05 Å². The second kappa shape index (κ2) is 5.03. The fourth-order valence-corrected chi connectivity index (χ4v) is 2.78. The Hall–Kier alpha value is -1.85. The summed E-state index contributed by atoms with van der Waals surface area (Å²) in [7, 11) is 1.62. The van der Waals surface area contributed by atoms with Crippen molar-refractivity contribution in [2.75, 3.05) is 13.1 Å². The molecule has 1 aliphatic heterocycles. The average Bonchev–Trinajstić information content (AvgIpc) is 2.69. The molecule has 0 aromatic carbocycles. The van der Waals surface area contributed by atoms with Gasteiger partial charge in [-0.1, -0.05) is 13.8 Å². The van der Waals surface area contributed by atoms with E-state index >= 15 is 0 Å². The number of piperidine rings is 1. The maximum absolute atomic E-state index is 12.4. The molecule has 19 heavy (non-hydrogen) atoms. The molecular weight excluding hydrogens is 246 g/mol. The van der Waals surface area contributed by atoms with E-state index in [4.69, 9.17) is 5.11 Å². The molecule has 104 valence electrons. The van der Waals surface area contributed by atoms with Crippen molar-refractivity contribution in [2.24, 2.45) is 18.9 Å². The smallest absolute Gasteiger partial charge is 0.339 e. The Morgan fingerprint density at radius 2 is 1.89 bits per heavy atom. The number of likely N-dealkylation sites (tertiary alicyclic amines) is 1. The summed E-state index contributed by atoms with van der Waals surface area (Å²) >= 11 is 0. The van der Waals surface area contributed by atoms with Crippen LogP contribution >= 0.6 is 0 Å². The second-order valence-electron chi connectivity index (χ2n) is 5.53. The predicted octanol–water partition coefficient (Wildman–Crippen LogP) is 1.24. The molecule has 0 bridgehead atoms. The zero-order chi connectivity index (χ0) is 14.2. The molecule has 2 unspecified atom stereocenters. The summed E-state index contributed by atoms with van der Waals surface area (Å²) in [5.41, 5.74) is 0.00896. The van der Waals surface area contributed by atoms with E-state index in [-0.39, 0.29) is 17.2 Å². The van der Waals surface area contributed by atoms with E-state index in [0.29, 0.717) is 24.9 Å². The highest BCUT2D eigenvalue weighted by molar-refractivity contribution is 6.03. The molecule has 0 spiro atoms. The number of nitrogens with zero attached hydrogens (tertiary/aromatic N) is 3. The molecule has 1 aliphatic rings. The van der Waals surface area contributed by atoms with Crippen molar-refractivity contribution in [2.45, 2.75) is 20.3 Å². The summed E-state index contributed by atoms with van der Waals surface area (Å²) in [6.45, 7) is 5.54. The van der Waals surface area contributed by atoms with Crippen LogP contribution in [0.25, 0.3) is 0 Å². The Kier molecular flexibility index (Phi) is 3.59. The molecule has 2 atom stereocenters. The quantitative estimate of drug-likeness (QED) is 0.872. The number of aromatic nitrogens is 2. The SMILES string of the molecule is CC1CC(C)CN(C(=O)c2nn(C)cc2C(=O)O)C1. The van der Waals surface area contributed by atoms with Crippen LogP contribution in [0.1, 0.15) is 41.1 Å². The van der Waals surface area contributed by atoms with Gasteiger partial charge in [0.1, 0.15) is 5.56 Å². The lowest BCUT2D eigenvalue weighted by atomic mass is 9.91. The van der Waals surface area contributed by atoms with Crippen LogP contribution in [0.3, 0.4) is 0 Å². The monoisotopic (exact) mass is 265 g/mol.